The van der Waals surface area contributed by atoms with Crippen LogP contribution in [0.4, 0.5) is 0 Å². The van der Waals surface area contributed by atoms with Gasteiger partial charge in [-0.1, -0.05) is 71.2 Å². The number of carbonyl (C=O) groups excluding carboxylic acids is 2. The van der Waals surface area contributed by atoms with Crippen LogP contribution in [0.25, 0.3) is 10.8 Å². The lowest BCUT2D eigenvalue weighted by molar-refractivity contribution is 0.0734. The van der Waals surface area contributed by atoms with Crippen LogP contribution in [0.15, 0.2) is 84.0 Å². The number of halogens is 2. The van der Waals surface area contributed by atoms with Gasteiger partial charge in [0.05, 0.1) is 21.8 Å². The van der Waals surface area contributed by atoms with Gasteiger partial charge in [0, 0.05) is 11.1 Å². The molecule has 4 aromatic carbocycles. The second-order valence-corrected chi connectivity index (χ2v) is 8.10. The highest BCUT2D eigenvalue weighted by molar-refractivity contribution is 6.42. The molecule has 5 nitrogen and oxygen atoms in total. The number of benzene rings is 4. The summed E-state index contributed by atoms with van der Waals surface area (Å²) in [4.78, 5) is 25.2. The lowest BCUT2D eigenvalue weighted by Crippen LogP contribution is -2.17. The highest BCUT2D eigenvalue weighted by Gasteiger charge is 2.14. The number of amides is 1. The van der Waals surface area contributed by atoms with Gasteiger partial charge in [-0.3, -0.25) is 4.79 Å². The van der Waals surface area contributed by atoms with Crippen molar-refractivity contribution in [3.05, 3.63) is 111 Å². The first-order valence-electron chi connectivity index (χ1n) is 10.0. The van der Waals surface area contributed by atoms with E-state index in [2.05, 4.69) is 10.5 Å². The number of aryl methyl sites for hydroxylation is 1. The Morgan fingerprint density at radius 3 is 2.48 bits per heavy atom. The first kappa shape index (κ1) is 22.5. The third-order valence-corrected chi connectivity index (χ3v) is 5.67. The van der Waals surface area contributed by atoms with E-state index >= 15 is 0 Å². The van der Waals surface area contributed by atoms with Gasteiger partial charge in [0.1, 0.15) is 5.75 Å². The number of fused-ring (bicyclic) bond motifs is 1. The molecule has 0 atom stereocenters. The highest BCUT2D eigenvalue weighted by Crippen LogP contribution is 2.28. The van der Waals surface area contributed by atoms with Crippen molar-refractivity contribution >= 4 is 52.1 Å². The molecule has 0 fully saturated rings. The van der Waals surface area contributed by atoms with Crippen molar-refractivity contribution in [2.45, 2.75) is 6.92 Å². The van der Waals surface area contributed by atoms with Crippen LogP contribution in [-0.2, 0) is 0 Å². The zero-order chi connectivity index (χ0) is 23.4. The van der Waals surface area contributed by atoms with Crippen molar-refractivity contribution in [3.63, 3.8) is 0 Å². The van der Waals surface area contributed by atoms with Crippen molar-refractivity contribution in [1.29, 1.82) is 0 Å². The summed E-state index contributed by atoms with van der Waals surface area (Å²) in [5.74, 6) is -0.612. The van der Waals surface area contributed by atoms with Gasteiger partial charge in [-0.25, -0.2) is 10.2 Å². The molecule has 0 aliphatic heterocycles. The first-order chi connectivity index (χ1) is 15.9. The maximum atomic E-state index is 12.7. The van der Waals surface area contributed by atoms with Gasteiger partial charge in [0.15, 0.2) is 0 Å². The molecule has 164 valence electrons. The SMILES string of the molecule is Cc1cccc(C(=O)Oc2ccc3ccccc3c2C=NNC(=O)c2ccc(Cl)c(Cl)c2)c1. The topological polar surface area (TPSA) is 67.8 Å². The molecule has 0 heterocycles. The molecule has 0 radical (unpaired) electrons. The molecular formula is C26H18Cl2N2O3. The van der Waals surface area contributed by atoms with Gasteiger partial charge in [-0.05, 0) is 54.1 Å². The van der Waals surface area contributed by atoms with E-state index in [4.69, 9.17) is 27.9 Å². The van der Waals surface area contributed by atoms with Crippen LogP contribution in [0.5, 0.6) is 5.75 Å². The van der Waals surface area contributed by atoms with Gasteiger partial charge in [0.25, 0.3) is 5.91 Å². The zero-order valence-corrected chi connectivity index (χ0v) is 19.0. The number of hydrazone groups is 1. The van der Waals surface area contributed by atoms with Gasteiger partial charge < -0.3 is 4.74 Å². The molecular weight excluding hydrogens is 459 g/mol. The molecule has 33 heavy (non-hydrogen) atoms. The van der Waals surface area contributed by atoms with Crippen LogP contribution in [-0.4, -0.2) is 18.1 Å². The molecule has 1 N–H and O–H groups in total. The van der Waals surface area contributed by atoms with Gasteiger partial charge in [-0.2, -0.15) is 5.10 Å². The van der Waals surface area contributed by atoms with Gasteiger partial charge >= 0.3 is 5.97 Å². The molecule has 0 spiro atoms. The normalized spacial score (nSPS) is 11.0. The average Bonchev–Trinajstić information content (AvgIpc) is 2.81. The van der Waals surface area contributed by atoms with Crippen LogP contribution in [0.3, 0.4) is 0 Å². The minimum absolute atomic E-state index is 0.271. The second kappa shape index (κ2) is 9.86. The van der Waals surface area contributed by atoms with Crippen molar-refractivity contribution in [3.8, 4) is 5.75 Å². The van der Waals surface area contributed by atoms with E-state index in [-0.39, 0.29) is 5.02 Å². The Balaban J connectivity index is 1.63. The lowest BCUT2D eigenvalue weighted by Gasteiger charge is -2.11. The Labute approximate surface area is 200 Å². The number of hydrogen-bond donors (Lipinski definition) is 1. The van der Waals surface area contributed by atoms with Crippen molar-refractivity contribution in [1.82, 2.24) is 5.43 Å². The summed E-state index contributed by atoms with van der Waals surface area (Å²) in [5.41, 5.74) is 4.73. The zero-order valence-electron chi connectivity index (χ0n) is 17.5. The third-order valence-electron chi connectivity index (χ3n) is 4.93. The minimum Gasteiger partial charge on any atom is -0.422 e. The fraction of sp³-hybridized carbons (Fsp3) is 0.0385. The van der Waals surface area contributed by atoms with Crippen molar-refractivity contribution in [2.24, 2.45) is 5.10 Å². The fourth-order valence-electron chi connectivity index (χ4n) is 3.29. The Morgan fingerprint density at radius 1 is 0.879 bits per heavy atom. The Hall–Kier alpha value is -3.67. The number of ether oxygens (including phenoxy) is 1. The average molecular weight is 477 g/mol. The van der Waals surface area contributed by atoms with E-state index in [1.165, 1.54) is 18.3 Å². The molecule has 4 rings (SSSR count). The molecule has 0 bridgehead atoms. The number of carbonyl (C=O) groups is 2. The predicted octanol–water partition coefficient (Wildman–Crippen LogP) is 6.44. The Bertz CT molecular complexity index is 1400. The van der Waals surface area contributed by atoms with Crippen LogP contribution in [0, 0.1) is 6.92 Å². The number of hydrogen-bond acceptors (Lipinski definition) is 4. The Kier molecular flexibility index (Phi) is 6.73. The molecule has 0 saturated carbocycles. The Morgan fingerprint density at radius 2 is 1.70 bits per heavy atom. The van der Waals surface area contributed by atoms with Gasteiger partial charge in [0.2, 0.25) is 0 Å². The number of nitrogens with one attached hydrogen (secondary N) is 1. The summed E-state index contributed by atoms with van der Waals surface area (Å²) < 4.78 is 5.69. The predicted molar refractivity (Wildman–Crippen MR) is 132 cm³/mol. The third kappa shape index (κ3) is 5.22. The summed E-state index contributed by atoms with van der Waals surface area (Å²) in [5, 5.41) is 6.46. The maximum absolute atomic E-state index is 12.7. The highest BCUT2D eigenvalue weighted by atomic mass is 35.5. The second-order valence-electron chi connectivity index (χ2n) is 7.29. The number of esters is 1. The van der Waals surface area contributed by atoms with Crippen LogP contribution >= 0.6 is 23.2 Å². The molecule has 1 amide bonds. The minimum atomic E-state index is -0.483. The van der Waals surface area contributed by atoms with Gasteiger partial charge in [-0.15, -0.1) is 0 Å². The number of nitrogens with zero attached hydrogens (tertiary/aromatic N) is 1. The van der Waals surface area contributed by atoms with E-state index in [0.717, 1.165) is 16.3 Å². The summed E-state index contributed by atoms with van der Waals surface area (Å²) in [6.45, 7) is 1.90. The van der Waals surface area contributed by atoms with Crippen LogP contribution in [0.1, 0.15) is 31.8 Å². The van der Waals surface area contributed by atoms with Crippen molar-refractivity contribution < 1.29 is 14.3 Å². The summed E-state index contributed by atoms with van der Waals surface area (Å²) in [7, 11) is 0. The molecule has 0 unspecified atom stereocenters. The van der Waals surface area contributed by atoms with E-state index in [1.807, 2.05) is 43.3 Å². The van der Waals surface area contributed by atoms with E-state index in [0.29, 0.717) is 27.5 Å². The quantitative estimate of drug-likeness (QED) is 0.156. The van der Waals surface area contributed by atoms with E-state index < -0.39 is 11.9 Å². The summed E-state index contributed by atoms with van der Waals surface area (Å²) in [6, 6.07) is 22.9. The summed E-state index contributed by atoms with van der Waals surface area (Å²) in [6.07, 6.45) is 1.45. The molecule has 0 saturated heterocycles. The monoisotopic (exact) mass is 476 g/mol. The van der Waals surface area contributed by atoms with Crippen LogP contribution in [0.2, 0.25) is 10.0 Å². The molecule has 4 aromatic rings. The standard InChI is InChI=1S/C26H18Cl2N2O3/c1-16-5-4-7-19(13-16)26(32)33-24-12-10-17-6-2-3-8-20(17)21(24)15-29-30-25(31)18-9-11-22(27)23(28)14-18/h2-15H,1H3,(H,30,31). The smallest absolute Gasteiger partial charge is 0.343 e. The fourth-order valence-corrected chi connectivity index (χ4v) is 3.58. The van der Waals surface area contributed by atoms with Crippen LogP contribution < -0.4 is 10.2 Å². The molecule has 7 heteroatoms. The largest absolute Gasteiger partial charge is 0.422 e. The molecule has 0 aliphatic rings. The molecule has 0 aliphatic carbocycles. The molecule has 0 aromatic heterocycles. The van der Waals surface area contributed by atoms with E-state index in [1.54, 1.807) is 30.3 Å². The summed E-state index contributed by atoms with van der Waals surface area (Å²) >= 11 is 11.9. The maximum Gasteiger partial charge on any atom is 0.343 e. The first-order valence-corrected chi connectivity index (χ1v) is 10.8. The van der Waals surface area contributed by atoms with E-state index in [9.17, 15) is 9.59 Å². The number of rotatable bonds is 5. The lowest BCUT2D eigenvalue weighted by atomic mass is 10.0. The van der Waals surface area contributed by atoms with Crippen molar-refractivity contribution in [2.75, 3.05) is 0 Å².